The molecule has 16 nitrogen and oxygen atoms in total. The molecule has 0 heterocycles. The molecule has 0 aliphatic carbocycles. The minimum absolute atomic E-state index is 0.0934. The number of allylic oxidation sites excluding steroid dienone is 22. The molecule has 0 aliphatic heterocycles. The van der Waals surface area contributed by atoms with Crippen LogP contribution >= 0.6 is 15.6 Å². The first kappa shape index (κ1) is 103. The molecular weight excluding hydrogens is 1390 g/mol. The molecule has 0 radical (unpaired) electrons. The molecule has 5 atom stereocenters. The molecule has 107 heavy (non-hydrogen) atoms. The number of phosphoric ester groups is 2. The van der Waals surface area contributed by atoms with Gasteiger partial charge in [0.2, 0.25) is 0 Å². The minimum Gasteiger partial charge on any atom is -0.463 e. The van der Waals surface area contributed by atoms with Gasteiger partial charge in [0, 0.05) is 19.3 Å². The van der Waals surface area contributed by atoms with Crippen LogP contribution in [0.25, 0.3) is 0 Å². The molecule has 0 saturated heterocycles. The first-order valence-corrected chi connectivity index (χ1v) is 45.5. The molecule has 4 N–H and O–H groups in total. The van der Waals surface area contributed by atoms with Gasteiger partial charge < -0.3 is 34.2 Å². The highest BCUT2D eigenvalue weighted by Gasteiger charge is 2.29. The maximum atomic E-state index is 12.9. The molecule has 0 fully saturated rings. The van der Waals surface area contributed by atoms with Gasteiger partial charge in [0.25, 0.3) is 0 Å². The Balaban J connectivity index is 4.40. The lowest BCUT2D eigenvalue weighted by Gasteiger charge is -2.21. The smallest absolute Gasteiger partial charge is 0.463 e. The lowest BCUT2D eigenvalue weighted by molar-refractivity contribution is -0.161. The quantitative estimate of drug-likeness (QED) is 0.0146. The summed E-state index contributed by atoms with van der Waals surface area (Å²) in [6.45, 7) is 2.51. The van der Waals surface area contributed by atoms with E-state index in [0.29, 0.717) is 19.3 Å². The minimum atomic E-state index is -4.93. The predicted octanol–water partition coefficient (Wildman–Crippen LogP) is 25.4. The number of aliphatic hydroxyl groups excluding tert-OH is 2. The largest absolute Gasteiger partial charge is 0.472 e. The second kappa shape index (κ2) is 81.2. The zero-order chi connectivity index (χ0) is 78.0. The molecule has 0 saturated carbocycles. The third kappa shape index (κ3) is 82.5. The van der Waals surface area contributed by atoms with E-state index < -0.39 is 91.5 Å². The van der Waals surface area contributed by atoms with Crippen LogP contribution in [0.2, 0.25) is 0 Å². The third-order valence-corrected chi connectivity index (χ3v) is 19.7. The first-order valence-electron chi connectivity index (χ1n) is 42.5. The van der Waals surface area contributed by atoms with Gasteiger partial charge in [-0.25, -0.2) is 9.13 Å². The van der Waals surface area contributed by atoms with E-state index in [2.05, 4.69) is 154 Å². The van der Waals surface area contributed by atoms with Gasteiger partial charge in [0.1, 0.15) is 25.4 Å². The van der Waals surface area contributed by atoms with Crippen molar-refractivity contribution in [2.24, 2.45) is 0 Å². The van der Waals surface area contributed by atoms with Crippen molar-refractivity contribution in [2.75, 3.05) is 39.6 Å². The molecule has 0 aliphatic rings. The van der Waals surface area contributed by atoms with Gasteiger partial charge in [-0.3, -0.25) is 32.5 Å². The van der Waals surface area contributed by atoms with Crippen LogP contribution in [0.5, 0.6) is 0 Å². The van der Waals surface area contributed by atoms with Crippen molar-refractivity contribution in [1.82, 2.24) is 0 Å². The molecule has 18 heteroatoms. The zero-order valence-electron chi connectivity index (χ0n) is 67.5. The van der Waals surface area contributed by atoms with E-state index in [1.807, 2.05) is 0 Å². The number of ether oxygens (including phenoxy) is 3. The monoisotopic (exact) mass is 1540 g/mol. The standard InChI is InChI=1S/C89H154O16P2/c1-4-7-10-13-16-19-22-24-26-28-30-32-34-36-38-40-41-43-45-46-48-50-52-54-56-58-61-63-66-69-72-75-87(92)99-78-84(90)79-101-106(95,96)102-80-85(91)81-103-107(97,98)104-83-86(105-89(94)77-74-71-68-65-60-21-18-15-12-9-6-3)82-100-88(93)76-73-70-67-64-62-59-57-55-53-51-49-47-44-42-39-37-35-33-31-29-27-25-23-20-17-14-11-8-5-2/h7,10,15-20,24-27,30-33,36-39,41,43,84-86,90-91H,4-6,8-9,11-14,21-23,28-29,34-35,40,42,44-83H2,1-3H3,(H,95,96)(H,97,98)/b10-7-,18-15-,19-16-,20-17-,26-24-,27-25-,32-30-,33-31-,38-36-,39-37-,43-41-. The van der Waals surface area contributed by atoms with E-state index in [0.717, 1.165) is 148 Å². The Hall–Kier alpha value is -4.31. The lowest BCUT2D eigenvalue weighted by atomic mass is 10.0. The summed E-state index contributed by atoms with van der Waals surface area (Å²) in [6, 6.07) is 0. The number of hydrogen-bond donors (Lipinski definition) is 4. The molecule has 0 rings (SSSR count). The number of hydrogen-bond acceptors (Lipinski definition) is 14. The van der Waals surface area contributed by atoms with E-state index in [-0.39, 0.29) is 19.3 Å². The molecule has 616 valence electrons. The fourth-order valence-corrected chi connectivity index (χ4v) is 12.9. The topological polar surface area (TPSA) is 231 Å². The van der Waals surface area contributed by atoms with Gasteiger partial charge in [-0.05, 0) is 135 Å². The number of rotatable bonds is 80. The van der Waals surface area contributed by atoms with Crippen LogP contribution in [0, 0.1) is 0 Å². The Morgan fingerprint density at radius 1 is 0.271 bits per heavy atom. The van der Waals surface area contributed by atoms with Crippen LogP contribution in [0.4, 0.5) is 0 Å². The SMILES string of the molecule is CC/C=C\C/C=C\C/C=C\C/C=C\C/C=C\C/C=C\CCCCCCCCCCCCCCC(=O)OCC(O)COP(=O)(O)OCC(O)COP(=O)(O)OCC(COC(=O)CCCCCCCCCCCCCCC/C=C\C/C=C\C/C=C\C/C=C\CCCCC)OC(=O)CCCCCCC/C=C\CCCC. The van der Waals surface area contributed by atoms with Gasteiger partial charge in [-0.15, -0.1) is 0 Å². The summed E-state index contributed by atoms with van der Waals surface area (Å²) in [7, 11) is -9.79. The van der Waals surface area contributed by atoms with Gasteiger partial charge in [-0.2, -0.15) is 0 Å². The predicted molar refractivity (Wildman–Crippen MR) is 445 cm³/mol. The number of unbranched alkanes of at least 4 members (excludes halogenated alkanes) is 35. The molecule has 0 bridgehead atoms. The summed E-state index contributed by atoms with van der Waals surface area (Å²) in [5, 5.41) is 20.6. The maximum Gasteiger partial charge on any atom is 0.472 e. The maximum absolute atomic E-state index is 12.9. The second-order valence-corrected chi connectivity index (χ2v) is 31.2. The normalized spacial score (nSPS) is 14.6. The van der Waals surface area contributed by atoms with Crippen molar-refractivity contribution in [3.63, 3.8) is 0 Å². The molecule has 5 unspecified atom stereocenters. The fraction of sp³-hybridized carbons (Fsp3) is 0.719. The van der Waals surface area contributed by atoms with E-state index in [4.69, 9.17) is 32.3 Å². The number of carbonyl (C=O) groups is 3. The Morgan fingerprint density at radius 3 is 0.822 bits per heavy atom. The Labute approximate surface area is 652 Å². The highest BCUT2D eigenvalue weighted by molar-refractivity contribution is 7.47. The summed E-state index contributed by atoms with van der Waals surface area (Å²) in [5.41, 5.74) is 0. The zero-order valence-corrected chi connectivity index (χ0v) is 69.3. The summed E-state index contributed by atoms with van der Waals surface area (Å²) in [4.78, 5) is 58.7. The van der Waals surface area contributed by atoms with Crippen LogP contribution in [0.15, 0.2) is 134 Å². The van der Waals surface area contributed by atoms with Crippen molar-refractivity contribution >= 4 is 33.6 Å². The lowest BCUT2D eigenvalue weighted by Crippen LogP contribution is -2.30. The summed E-state index contributed by atoms with van der Waals surface area (Å²) in [5.74, 6) is -1.58. The van der Waals surface area contributed by atoms with Crippen molar-refractivity contribution < 1.29 is 75.8 Å². The van der Waals surface area contributed by atoms with E-state index in [1.165, 1.54) is 148 Å². The summed E-state index contributed by atoms with van der Waals surface area (Å²) >= 11 is 0. The molecule has 0 spiro atoms. The van der Waals surface area contributed by atoms with Crippen LogP contribution in [-0.2, 0) is 55.8 Å². The van der Waals surface area contributed by atoms with Crippen LogP contribution in [0.3, 0.4) is 0 Å². The fourth-order valence-electron chi connectivity index (χ4n) is 11.4. The molecule has 0 aromatic rings. The molecule has 0 amide bonds. The van der Waals surface area contributed by atoms with Crippen LogP contribution in [-0.4, -0.2) is 95.9 Å². The van der Waals surface area contributed by atoms with E-state index in [9.17, 15) is 43.5 Å². The van der Waals surface area contributed by atoms with Crippen molar-refractivity contribution in [1.29, 1.82) is 0 Å². The average molecular weight is 1540 g/mol. The summed E-state index contributed by atoms with van der Waals surface area (Å²) in [6.07, 6.45) is 99.5. The van der Waals surface area contributed by atoms with Gasteiger partial charge in [-0.1, -0.05) is 334 Å². The number of phosphoric acid groups is 2. The van der Waals surface area contributed by atoms with Gasteiger partial charge >= 0.3 is 33.6 Å². The molecule has 0 aromatic heterocycles. The highest BCUT2D eigenvalue weighted by atomic mass is 31.2. The Morgan fingerprint density at radius 2 is 0.505 bits per heavy atom. The average Bonchev–Trinajstić information content (AvgIpc) is 0.910. The second-order valence-electron chi connectivity index (χ2n) is 28.2. The van der Waals surface area contributed by atoms with Gasteiger partial charge in [0.15, 0.2) is 6.10 Å². The Kier molecular flexibility index (Phi) is 77.9. The van der Waals surface area contributed by atoms with Crippen LogP contribution in [0.1, 0.15) is 355 Å². The first-order chi connectivity index (χ1) is 52.2. The van der Waals surface area contributed by atoms with E-state index in [1.54, 1.807) is 0 Å². The molecule has 0 aromatic carbocycles. The molecular formula is C89H154O16P2. The van der Waals surface area contributed by atoms with Crippen molar-refractivity contribution in [2.45, 2.75) is 373 Å². The number of aliphatic hydroxyl groups is 2. The summed E-state index contributed by atoms with van der Waals surface area (Å²) < 4.78 is 61.2. The van der Waals surface area contributed by atoms with Crippen molar-refractivity contribution in [3.05, 3.63) is 134 Å². The van der Waals surface area contributed by atoms with Crippen LogP contribution < -0.4 is 0 Å². The highest BCUT2D eigenvalue weighted by Crippen LogP contribution is 2.45. The number of esters is 3. The van der Waals surface area contributed by atoms with E-state index >= 15 is 0 Å². The third-order valence-electron chi connectivity index (χ3n) is 17.8. The van der Waals surface area contributed by atoms with Gasteiger partial charge in [0.05, 0.1) is 26.4 Å². The number of carbonyl (C=O) groups excluding carboxylic acids is 3. The Bertz CT molecular complexity index is 2480. The van der Waals surface area contributed by atoms with Crippen molar-refractivity contribution in [3.8, 4) is 0 Å².